The third kappa shape index (κ3) is 5.10. The van der Waals surface area contributed by atoms with Crippen molar-refractivity contribution in [2.45, 2.75) is 0 Å². The second-order valence-electron chi connectivity index (χ2n) is 12.9. The summed E-state index contributed by atoms with van der Waals surface area (Å²) in [6.07, 6.45) is 0. The van der Waals surface area contributed by atoms with Crippen LogP contribution in [0.25, 0.3) is 75.5 Å². The lowest BCUT2D eigenvalue weighted by atomic mass is 10.0. The maximum Gasteiger partial charge on any atom is 0.144 e. The van der Waals surface area contributed by atoms with Gasteiger partial charge in [0.25, 0.3) is 0 Å². The van der Waals surface area contributed by atoms with E-state index in [1.807, 2.05) is 11.3 Å². The minimum absolute atomic E-state index is 0.923. The van der Waals surface area contributed by atoms with Crippen LogP contribution in [-0.4, -0.2) is 0 Å². The Morgan fingerprint density at radius 1 is 0.353 bits per heavy atom. The van der Waals surface area contributed by atoms with Crippen LogP contribution < -0.4 is 4.90 Å². The first-order valence-electron chi connectivity index (χ1n) is 17.3. The van der Waals surface area contributed by atoms with Gasteiger partial charge < -0.3 is 9.32 Å². The quantitative estimate of drug-likeness (QED) is 0.175. The average molecular weight is 670 g/mol. The number of nitrogens with zero attached hydrogens (tertiary/aromatic N) is 1. The maximum atomic E-state index is 6.83. The number of hydrogen-bond acceptors (Lipinski definition) is 3. The van der Waals surface area contributed by atoms with Gasteiger partial charge in [0, 0.05) is 53.6 Å². The van der Waals surface area contributed by atoms with Gasteiger partial charge in [0.05, 0.1) is 0 Å². The Morgan fingerprint density at radius 2 is 0.922 bits per heavy atom. The molecule has 0 N–H and O–H groups in total. The lowest BCUT2D eigenvalue weighted by Gasteiger charge is -2.26. The first-order chi connectivity index (χ1) is 25.3. The summed E-state index contributed by atoms with van der Waals surface area (Å²) in [6, 6.07) is 67.2. The molecule has 10 rings (SSSR count). The molecule has 0 fully saturated rings. The van der Waals surface area contributed by atoms with E-state index < -0.39 is 0 Å². The number of rotatable bonds is 6. The highest BCUT2D eigenvalue weighted by molar-refractivity contribution is 7.26. The molecule has 0 aliphatic rings. The Bertz CT molecular complexity index is 2830. The molecule has 2 heterocycles. The Labute approximate surface area is 300 Å². The fourth-order valence-corrected chi connectivity index (χ4v) is 8.52. The van der Waals surface area contributed by atoms with E-state index in [2.05, 4.69) is 193 Å². The predicted octanol–water partition coefficient (Wildman–Crippen LogP) is 14.4. The van der Waals surface area contributed by atoms with Gasteiger partial charge in [-0.15, -0.1) is 11.3 Å². The molecule has 0 saturated carbocycles. The molecule has 240 valence electrons. The van der Waals surface area contributed by atoms with E-state index in [0.29, 0.717) is 0 Å². The van der Waals surface area contributed by atoms with Gasteiger partial charge in [-0.1, -0.05) is 133 Å². The van der Waals surface area contributed by atoms with Gasteiger partial charge in [-0.25, -0.2) is 0 Å². The molecular weight excluding hydrogens is 639 g/mol. The predicted molar refractivity (Wildman–Crippen MR) is 218 cm³/mol. The molecule has 0 amide bonds. The third-order valence-electron chi connectivity index (χ3n) is 9.89. The lowest BCUT2D eigenvalue weighted by Crippen LogP contribution is -2.10. The van der Waals surface area contributed by atoms with Crippen LogP contribution in [0.5, 0.6) is 0 Å². The molecule has 2 aromatic heterocycles. The van der Waals surface area contributed by atoms with Crippen molar-refractivity contribution in [1.29, 1.82) is 0 Å². The fraction of sp³-hybridized carbons (Fsp3) is 0. The van der Waals surface area contributed by atoms with Crippen molar-refractivity contribution >= 4 is 70.5 Å². The van der Waals surface area contributed by atoms with Gasteiger partial charge in [0.2, 0.25) is 0 Å². The number of fused-ring (bicyclic) bond motifs is 7. The summed E-state index contributed by atoms with van der Waals surface area (Å²) in [5, 5.41) is 4.75. The van der Waals surface area contributed by atoms with Gasteiger partial charge in [-0.3, -0.25) is 0 Å². The van der Waals surface area contributed by atoms with Crippen LogP contribution in [0.3, 0.4) is 0 Å². The van der Waals surface area contributed by atoms with Gasteiger partial charge in [0.15, 0.2) is 0 Å². The number of benzene rings is 8. The van der Waals surface area contributed by atoms with E-state index in [0.717, 1.165) is 50.1 Å². The first-order valence-corrected chi connectivity index (χ1v) is 18.1. The smallest absolute Gasteiger partial charge is 0.144 e. The van der Waals surface area contributed by atoms with E-state index in [-0.39, 0.29) is 0 Å². The topological polar surface area (TPSA) is 16.4 Å². The zero-order valence-corrected chi connectivity index (χ0v) is 28.5. The molecule has 0 unspecified atom stereocenters. The van der Waals surface area contributed by atoms with Crippen LogP contribution in [0.1, 0.15) is 0 Å². The number of thiophene rings is 1. The highest BCUT2D eigenvalue weighted by Gasteiger charge is 2.18. The van der Waals surface area contributed by atoms with Crippen molar-refractivity contribution in [3.63, 3.8) is 0 Å². The van der Waals surface area contributed by atoms with Crippen molar-refractivity contribution < 1.29 is 4.42 Å². The summed E-state index contributed by atoms with van der Waals surface area (Å²) in [4.78, 5) is 2.34. The average Bonchev–Trinajstić information content (AvgIpc) is 3.78. The second kappa shape index (κ2) is 12.2. The highest BCUT2D eigenvalue weighted by Crippen LogP contribution is 2.44. The Balaban J connectivity index is 1.08. The van der Waals surface area contributed by atoms with Crippen LogP contribution in [0.15, 0.2) is 192 Å². The number of hydrogen-bond donors (Lipinski definition) is 0. The van der Waals surface area contributed by atoms with E-state index in [1.54, 1.807) is 0 Å². The van der Waals surface area contributed by atoms with E-state index in [4.69, 9.17) is 4.42 Å². The van der Waals surface area contributed by atoms with Crippen LogP contribution >= 0.6 is 11.3 Å². The maximum absolute atomic E-state index is 6.83. The molecule has 0 saturated heterocycles. The summed E-state index contributed by atoms with van der Waals surface area (Å²) >= 11 is 1.82. The summed E-state index contributed by atoms with van der Waals surface area (Å²) in [5.41, 5.74) is 12.2. The monoisotopic (exact) mass is 669 g/mol. The van der Waals surface area contributed by atoms with Crippen molar-refractivity contribution in [2.24, 2.45) is 0 Å². The standard InChI is InChI=1S/C48H31NOS/c1-3-11-32(12-4-1)34-21-25-37(26-22-34)49(39-16-9-15-36(31-39)33-13-5-2-6-14-33)38-27-23-35(24-28-38)40-18-10-19-41-42-29-30-45-46(48(42)50-47(40)41)43-17-7-8-20-44(43)51-45/h1-31H. The van der Waals surface area contributed by atoms with E-state index in [1.165, 1.54) is 42.4 Å². The molecule has 0 aliphatic carbocycles. The molecule has 0 aliphatic heterocycles. The van der Waals surface area contributed by atoms with Gasteiger partial charge in [-0.2, -0.15) is 0 Å². The first kappa shape index (κ1) is 29.5. The lowest BCUT2D eigenvalue weighted by molar-refractivity contribution is 0.674. The van der Waals surface area contributed by atoms with E-state index in [9.17, 15) is 0 Å². The minimum atomic E-state index is 0.923. The zero-order chi connectivity index (χ0) is 33.7. The molecule has 8 aromatic carbocycles. The molecule has 0 spiro atoms. The van der Waals surface area contributed by atoms with Gasteiger partial charge >= 0.3 is 0 Å². The molecule has 51 heavy (non-hydrogen) atoms. The molecule has 3 heteroatoms. The van der Waals surface area contributed by atoms with Crippen molar-refractivity contribution in [3.05, 3.63) is 188 Å². The summed E-state index contributed by atoms with van der Waals surface area (Å²) in [6.45, 7) is 0. The SMILES string of the molecule is c1ccc(-c2ccc(N(c3ccc(-c4cccc5c4oc4c5ccc5sc6ccccc6c54)cc3)c3cccc(-c4ccccc4)c3)cc2)cc1. The summed E-state index contributed by atoms with van der Waals surface area (Å²) in [5.74, 6) is 0. The second-order valence-corrected chi connectivity index (χ2v) is 14.0. The van der Waals surface area contributed by atoms with Crippen LogP contribution in [-0.2, 0) is 0 Å². The number of furan rings is 1. The van der Waals surface area contributed by atoms with Gasteiger partial charge in [-0.05, 0) is 82.4 Å². The largest absolute Gasteiger partial charge is 0.455 e. The van der Waals surface area contributed by atoms with Crippen LogP contribution in [0.2, 0.25) is 0 Å². The normalized spacial score (nSPS) is 11.5. The molecule has 10 aromatic rings. The summed E-state index contributed by atoms with van der Waals surface area (Å²) in [7, 11) is 0. The molecule has 0 bridgehead atoms. The fourth-order valence-electron chi connectivity index (χ4n) is 7.42. The van der Waals surface area contributed by atoms with Crippen LogP contribution in [0, 0.1) is 0 Å². The van der Waals surface area contributed by atoms with Crippen molar-refractivity contribution in [2.75, 3.05) is 4.90 Å². The van der Waals surface area contributed by atoms with Crippen molar-refractivity contribution in [3.8, 4) is 33.4 Å². The number of para-hydroxylation sites is 1. The van der Waals surface area contributed by atoms with E-state index >= 15 is 0 Å². The minimum Gasteiger partial charge on any atom is -0.455 e. The zero-order valence-electron chi connectivity index (χ0n) is 27.7. The molecule has 0 atom stereocenters. The van der Waals surface area contributed by atoms with Gasteiger partial charge in [0.1, 0.15) is 11.2 Å². The Kier molecular flexibility index (Phi) is 7.04. The van der Waals surface area contributed by atoms with Crippen LogP contribution in [0.4, 0.5) is 17.1 Å². The third-order valence-corrected chi connectivity index (χ3v) is 11.0. The molecule has 2 nitrogen and oxygen atoms in total. The summed E-state index contributed by atoms with van der Waals surface area (Å²) < 4.78 is 9.37. The Morgan fingerprint density at radius 3 is 1.67 bits per heavy atom. The molecule has 0 radical (unpaired) electrons. The highest BCUT2D eigenvalue weighted by atomic mass is 32.1. The van der Waals surface area contributed by atoms with Crippen molar-refractivity contribution in [1.82, 2.24) is 0 Å². The molecular formula is C48H31NOS. The number of anilines is 3. The Hall–Kier alpha value is -6.42.